The number of carbonyl (C=O) groups is 3. The van der Waals surface area contributed by atoms with Gasteiger partial charge in [0.05, 0.1) is 11.1 Å². The molecule has 2 aromatic rings. The average Bonchev–Trinajstić information content (AvgIpc) is 2.93. The average molecular weight is 379 g/mol. The third-order valence-corrected chi connectivity index (χ3v) is 4.88. The Morgan fingerprint density at radius 1 is 1.04 bits per heavy atom. The van der Waals surface area contributed by atoms with Crippen molar-refractivity contribution in [3.8, 4) is 0 Å². The van der Waals surface area contributed by atoms with Crippen LogP contribution in [0.4, 0.5) is 5.69 Å². The van der Waals surface area contributed by atoms with Crippen LogP contribution in [0.2, 0.25) is 0 Å². The van der Waals surface area contributed by atoms with Gasteiger partial charge >= 0.3 is 0 Å². The molecule has 0 saturated heterocycles. The predicted octanol–water partition coefficient (Wildman–Crippen LogP) is 2.62. The van der Waals surface area contributed by atoms with Gasteiger partial charge in [-0.15, -0.1) is 0 Å². The minimum atomic E-state index is -0.322. The van der Waals surface area contributed by atoms with Crippen molar-refractivity contribution in [1.82, 2.24) is 10.2 Å². The molecule has 28 heavy (non-hydrogen) atoms. The standard InChI is InChI=1S/C22H25N3O3/c1-16-9-10-18-19(15-16)22(28)25(21(18)27)14-11-20(26)23-12-6-13-24(2)17-7-4-3-5-8-17/h3-5,7-10,15H,6,11-14H2,1-2H3,(H,23,26). The monoisotopic (exact) mass is 379 g/mol. The number of nitrogens with zero attached hydrogens (tertiary/aromatic N) is 2. The van der Waals surface area contributed by atoms with Gasteiger partial charge < -0.3 is 10.2 Å². The fourth-order valence-electron chi connectivity index (χ4n) is 3.26. The Morgan fingerprint density at radius 2 is 1.75 bits per heavy atom. The normalized spacial score (nSPS) is 12.9. The number of fused-ring (bicyclic) bond motifs is 1. The maximum Gasteiger partial charge on any atom is 0.261 e. The molecule has 146 valence electrons. The number of hydrogen-bond donors (Lipinski definition) is 1. The van der Waals surface area contributed by atoms with Crippen LogP contribution in [0, 0.1) is 6.92 Å². The van der Waals surface area contributed by atoms with E-state index in [2.05, 4.69) is 10.2 Å². The van der Waals surface area contributed by atoms with Crippen LogP contribution < -0.4 is 10.2 Å². The van der Waals surface area contributed by atoms with Gasteiger partial charge in [-0.2, -0.15) is 0 Å². The molecule has 0 bridgehead atoms. The van der Waals surface area contributed by atoms with Crippen LogP contribution in [0.1, 0.15) is 39.1 Å². The number of amides is 3. The first-order valence-corrected chi connectivity index (χ1v) is 9.47. The Hall–Kier alpha value is -3.15. The minimum Gasteiger partial charge on any atom is -0.375 e. The van der Waals surface area contributed by atoms with Crippen LogP contribution >= 0.6 is 0 Å². The van der Waals surface area contributed by atoms with Crippen LogP contribution in [0.15, 0.2) is 48.5 Å². The zero-order valence-corrected chi connectivity index (χ0v) is 16.3. The molecule has 1 aliphatic rings. The largest absolute Gasteiger partial charge is 0.375 e. The van der Waals surface area contributed by atoms with E-state index < -0.39 is 0 Å². The van der Waals surface area contributed by atoms with Crippen LogP contribution in [-0.2, 0) is 4.79 Å². The van der Waals surface area contributed by atoms with Crippen LogP contribution in [0.25, 0.3) is 0 Å². The number of para-hydroxylation sites is 1. The fourth-order valence-corrected chi connectivity index (χ4v) is 3.26. The summed E-state index contributed by atoms with van der Waals surface area (Å²) in [4.78, 5) is 40.2. The Labute approximate surface area is 165 Å². The topological polar surface area (TPSA) is 69.7 Å². The van der Waals surface area contributed by atoms with E-state index in [1.807, 2.05) is 50.4 Å². The molecule has 0 aliphatic carbocycles. The first-order valence-electron chi connectivity index (χ1n) is 9.47. The van der Waals surface area contributed by atoms with Gasteiger partial charge in [-0.25, -0.2) is 0 Å². The Morgan fingerprint density at radius 3 is 2.50 bits per heavy atom. The van der Waals surface area contributed by atoms with Gasteiger partial charge in [0, 0.05) is 38.8 Å². The third kappa shape index (κ3) is 4.39. The number of hydrogen-bond acceptors (Lipinski definition) is 4. The number of imide groups is 1. The molecule has 0 fully saturated rings. The van der Waals surface area contributed by atoms with Crippen molar-refractivity contribution in [2.24, 2.45) is 0 Å². The van der Waals surface area contributed by atoms with E-state index >= 15 is 0 Å². The number of nitrogens with one attached hydrogen (secondary N) is 1. The summed E-state index contributed by atoms with van der Waals surface area (Å²) in [5.74, 6) is -0.798. The van der Waals surface area contributed by atoms with E-state index in [0.717, 1.165) is 29.1 Å². The van der Waals surface area contributed by atoms with E-state index in [-0.39, 0.29) is 30.7 Å². The second kappa shape index (κ2) is 8.69. The van der Waals surface area contributed by atoms with Crippen molar-refractivity contribution in [1.29, 1.82) is 0 Å². The highest BCUT2D eigenvalue weighted by Crippen LogP contribution is 2.23. The Kier molecular flexibility index (Phi) is 6.09. The molecular weight excluding hydrogens is 354 g/mol. The number of carbonyl (C=O) groups excluding carboxylic acids is 3. The van der Waals surface area contributed by atoms with Crippen molar-refractivity contribution in [2.45, 2.75) is 19.8 Å². The molecule has 6 heteroatoms. The van der Waals surface area contributed by atoms with Crippen molar-refractivity contribution in [3.63, 3.8) is 0 Å². The van der Waals surface area contributed by atoms with Crippen molar-refractivity contribution in [2.75, 3.05) is 31.6 Å². The number of aryl methyl sites for hydroxylation is 1. The Balaban J connectivity index is 1.40. The predicted molar refractivity (Wildman–Crippen MR) is 109 cm³/mol. The molecule has 3 amide bonds. The van der Waals surface area contributed by atoms with E-state index in [4.69, 9.17) is 0 Å². The first kappa shape index (κ1) is 19.6. The summed E-state index contributed by atoms with van der Waals surface area (Å²) >= 11 is 0. The SMILES string of the molecule is Cc1ccc2c(c1)C(=O)N(CCC(=O)NCCCN(C)c1ccccc1)C2=O. The zero-order valence-electron chi connectivity index (χ0n) is 16.3. The molecular formula is C22H25N3O3. The lowest BCUT2D eigenvalue weighted by atomic mass is 10.1. The summed E-state index contributed by atoms with van der Waals surface area (Å²) < 4.78 is 0. The van der Waals surface area contributed by atoms with Gasteiger partial charge in [0.1, 0.15) is 0 Å². The molecule has 0 atom stereocenters. The second-order valence-corrected chi connectivity index (χ2v) is 7.02. The Bertz CT molecular complexity index is 880. The van der Waals surface area contributed by atoms with Crippen LogP contribution in [0.5, 0.6) is 0 Å². The lowest BCUT2D eigenvalue weighted by molar-refractivity contribution is -0.121. The maximum absolute atomic E-state index is 12.4. The van der Waals surface area contributed by atoms with Gasteiger partial charge in [-0.3, -0.25) is 19.3 Å². The molecule has 6 nitrogen and oxygen atoms in total. The van der Waals surface area contributed by atoms with Crippen molar-refractivity contribution in [3.05, 3.63) is 65.2 Å². The van der Waals surface area contributed by atoms with E-state index in [9.17, 15) is 14.4 Å². The molecule has 2 aromatic carbocycles. The van der Waals surface area contributed by atoms with Crippen molar-refractivity contribution < 1.29 is 14.4 Å². The van der Waals surface area contributed by atoms with Gasteiger partial charge in [-0.05, 0) is 37.6 Å². The summed E-state index contributed by atoms with van der Waals surface area (Å²) in [6, 6.07) is 15.3. The summed E-state index contributed by atoms with van der Waals surface area (Å²) in [5, 5.41) is 2.86. The maximum atomic E-state index is 12.4. The second-order valence-electron chi connectivity index (χ2n) is 7.02. The highest BCUT2D eigenvalue weighted by Gasteiger charge is 2.35. The van der Waals surface area contributed by atoms with Gasteiger partial charge in [0.25, 0.3) is 11.8 Å². The van der Waals surface area contributed by atoms with Crippen molar-refractivity contribution >= 4 is 23.4 Å². The first-order chi connectivity index (χ1) is 13.5. The summed E-state index contributed by atoms with van der Waals surface area (Å²) in [6.45, 7) is 3.35. The number of benzene rings is 2. The highest BCUT2D eigenvalue weighted by molar-refractivity contribution is 6.21. The molecule has 0 spiro atoms. The zero-order chi connectivity index (χ0) is 20.1. The molecule has 3 rings (SSSR count). The van der Waals surface area contributed by atoms with Gasteiger partial charge in [0.15, 0.2) is 0 Å². The molecule has 0 unspecified atom stereocenters. The van der Waals surface area contributed by atoms with E-state index in [1.54, 1.807) is 12.1 Å². The van der Waals surface area contributed by atoms with Crippen LogP contribution in [0.3, 0.4) is 0 Å². The van der Waals surface area contributed by atoms with Crippen LogP contribution in [-0.4, -0.2) is 49.3 Å². The number of anilines is 1. The lowest BCUT2D eigenvalue weighted by Gasteiger charge is -2.19. The van der Waals surface area contributed by atoms with E-state index in [1.165, 1.54) is 0 Å². The highest BCUT2D eigenvalue weighted by atomic mass is 16.2. The molecule has 1 heterocycles. The molecule has 0 saturated carbocycles. The summed E-state index contributed by atoms with van der Waals surface area (Å²) in [7, 11) is 2.02. The number of rotatable bonds is 8. The molecule has 1 aliphatic heterocycles. The van der Waals surface area contributed by atoms with E-state index in [0.29, 0.717) is 17.7 Å². The molecule has 0 radical (unpaired) electrons. The summed E-state index contributed by atoms with van der Waals surface area (Å²) in [6.07, 6.45) is 0.919. The van der Waals surface area contributed by atoms with Gasteiger partial charge in [0.2, 0.25) is 5.91 Å². The smallest absolute Gasteiger partial charge is 0.261 e. The minimum absolute atomic E-state index is 0.0984. The lowest BCUT2D eigenvalue weighted by Crippen LogP contribution is -2.35. The summed E-state index contributed by atoms with van der Waals surface area (Å²) in [5.41, 5.74) is 2.91. The fraction of sp³-hybridized carbons (Fsp3) is 0.318. The quantitative estimate of drug-likeness (QED) is 0.565. The third-order valence-electron chi connectivity index (χ3n) is 4.88. The van der Waals surface area contributed by atoms with Gasteiger partial charge in [-0.1, -0.05) is 29.8 Å². The molecule has 0 aromatic heterocycles. The molecule has 1 N–H and O–H groups in total.